The van der Waals surface area contributed by atoms with Gasteiger partial charge < -0.3 is 10.4 Å². The van der Waals surface area contributed by atoms with E-state index >= 15 is 0 Å². The Bertz CT molecular complexity index is 473. The van der Waals surface area contributed by atoms with Gasteiger partial charge in [-0.15, -0.1) is 0 Å². The maximum absolute atomic E-state index is 12.0. The summed E-state index contributed by atoms with van der Waals surface area (Å²) >= 11 is 0. The van der Waals surface area contributed by atoms with E-state index in [1.807, 2.05) is 6.92 Å². The first-order valence-electron chi connectivity index (χ1n) is 6.04. The molecular formula is C13H16N2O3. The molecule has 2 rings (SSSR count). The zero-order chi connectivity index (χ0) is 13.1. The average molecular weight is 248 g/mol. The van der Waals surface area contributed by atoms with Gasteiger partial charge in [-0.1, -0.05) is 6.42 Å². The first-order valence-corrected chi connectivity index (χ1v) is 6.04. The minimum atomic E-state index is -0.876. The monoisotopic (exact) mass is 248 g/mol. The van der Waals surface area contributed by atoms with Crippen molar-refractivity contribution in [3.05, 3.63) is 24.0 Å². The van der Waals surface area contributed by atoms with Crippen LogP contribution < -0.4 is 5.32 Å². The van der Waals surface area contributed by atoms with Gasteiger partial charge in [0, 0.05) is 17.6 Å². The van der Waals surface area contributed by atoms with Crippen LogP contribution >= 0.6 is 0 Å². The smallest absolute Gasteiger partial charge is 0.307 e. The highest BCUT2D eigenvalue weighted by molar-refractivity contribution is 5.95. The van der Waals surface area contributed by atoms with E-state index in [2.05, 4.69) is 10.3 Å². The predicted molar refractivity (Wildman–Crippen MR) is 66.1 cm³/mol. The minimum absolute atomic E-state index is 0.203. The number of aromatic nitrogens is 1. The summed E-state index contributed by atoms with van der Waals surface area (Å²) in [5.41, 5.74) is 1.48. The highest BCUT2D eigenvalue weighted by Crippen LogP contribution is 2.32. The molecule has 2 N–H and O–H groups in total. The summed E-state index contributed by atoms with van der Waals surface area (Å²) in [6.45, 7) is 1.84. The van der Waals surface area contributed by atoms with Crippen molar-refractivity contribution in [1.82, 2.24) is 4.98 Å². The second-order valence-electron chi connectivity index (χ2n) is 4.66. The Morgan fingerprint density at radius 1 is 1.39 bits per heavy atom. The molecule has 18 heavy (non-hydrogen) atoms. The van der Waals surface area contributed by atoms with Gasteiger partial charge in [0.1, 0.15) is 0 Å². The molecule has 96 valence electrons. The van der Waals surface area contributed by atoms with Crippen LogP contribution in [0.15, 0.2) is 18.3 Å². The van der Waals surface area contributed by atoms with Crippen molar-refractivity contribution < 1.29 is 14.7 Å². The van der Waals surface area contributed by atoms with E-state index in [-0.39, 0.29) is 5.91 Å². The number of carbonyl (C=O) groups excluding carboxylic acids is 1. The number of anilines is 1. The summed E-state index contributed by atoms with van der Waals surface area (Å²) in [5, 5.41) is 11.8. The number of rotatable bonds is 3. The Balaban J connectivity index is 2.06. The zero-order valence-corrected chi connectivity index (χ0v) is 10.2. The van der Waals surface area contributed by atoms with Crippen molar-refractivity contribution in [2.75, 3.05) is 5.32 Å². The van der Waals surface area contributed by atoms with Gasteiger partial charge in [-0.25, -0.2) is 0 Å². The number of nitrogens with zero attached hydrogens (tertiary/aromatic N) is 1. The van der Waals surface area contributed by atoms with Gasteiger partial charge in [0.15, 0.2) is 0 Å². The largest absolute Gasteiger partial charge is 0.481 e. The molecule has 1 saturated carbocycles. The summed E-state index contributed by atoms with van der Waals surface area (Å²) in [4.78, 5) is 27.1. The molecule has 0 saturated heterocycles. The molecule has 0 spiro atoms. The number of hydrogen-bond donors (Lipinski definition) is 2. The normalized spacial score (nSPS) is 22.7. The molecule has 0 unspecified atom stereocenters. The Hall–Kier alpha value is -1.91. The van der Waals surface area contributed by atoms with Crippen molar-refractivity contribution in [3.8, 4) is 0 Å². The number of nitrogens with one attached hydrogen (secondary N) is 1. The number of amides is 1. The Labute approximate surface area is 105 Å². The quantitative estimate of drug-likeness (QED) is 0.855. The molecule has 0 aliphatic heterocycles. The number of hydrogen-bond acceptors (Lipinski definition) is 3. The predicted octanol–water partition coefficient (Wildman–Crippen LogP) is 1.83. The summed E-state index contributed by atoms with van der Waals surface area (Å²) in [7, 11) is 0. The summed E-state index contributed by atoms with van der Waals surface area (Å²) in [6.07, 6.45) is 3.65. The average Bonchev–Trinajstić information content (AvgIpc) is 2.77. The number of aliphatic carboxylic acids is 1. The SMILES string of the molecule is Cc1cc(NC(=O)[C@@H]2CCC[C@@H]2C(=O)O)ccn1. The molecule has 5 nitrogen and oxygen atoms in total. The Morgan fingerprint density at radius 2 is 2.11 bits per heavy atom. The highest BCUT2D eigenvalue weighted by atomic mass is 16.4. The maximum atomic E-state index is 12.0. The van der Waals surface area contributed by atoms with Crippen molar-refractivity contribution >= 4 is 17.6 Å². The fraction of sp³-hybridized carbons (Fsp3) is 0.462. The Morgan fingerprint density at radius 3 is 2.78 bits per heavy atom. The molecule has 1 aliphatic carbocycles. The fourth-order valence-corrected chi connectivity index (χ4v) is 2.43. The lowest BCUT2D eigenvalue weighted by Gasteiger charge is -2.15. The van der Waals surface area contributed by atoms with E-state index in [9.17, 15) is 9.59 Å². The van der Waals surface area contributed by atoms with Gasteiger partial charge in [-0.3, -0.25) is 14.6 Å². The van der Waals surface area contributed by atoms with Crippen LogP contribution in [0.5, 0.6) is 0 Å². The number of pyridine rings is 1. The Kier molecular flexibility index (Phi) is 3.60. The van der Waals surface area contributed by atoms with Gasteiger partial charge in [0.25, 0.3) is 0 Å². The zero-order valence-electron chi connectivity index (χ0n) is 10.2. The molecule has 0 bridgehead atoms. The summed E-state index contributed by atoms with van der Waals surface area (Å²) < 4.78 is 0. The van der Waals surface area contributed by atoms with E-state index in [4.69, 9.17) is 5.11 Å². The molecule has 1 amide bonds. The maximum Gasteiger partial charge on any atom is 0.307 e. The van der Waals surface area contributed by atoms with Gasteiger partial charge in [-0.05, 0) is 31.9 Å². The molecule has 1 aromatic heterocycles. The van der Waals surface area contributed by atoms with Gasteiger partial charge in [0.2, 0.25) is 5.91 Å². The van der Waals surface area contributed by atoms with Crippen molar-refractivity contribution in [3.63, 3.8) is 0 Å². The first kappa shape index (κ1) is 12.5. The van der Waals surface area contributed by atoms with Crippen LogP contribution in [0.1, 0.15) is 25.0 Å². The van der Waals surface area contributed by atoms with Crippen LogP contribution in [0.4, 0.5) is 5.69 Å². The van der Waals surface area contributed by atoms with Crippen molar-refractivity contribution in [2.45, 2.75) is 26.2 Å². The standard InChI is InChI=1S/C13H16N2O3/c1-8-7-9(5-6-14-8)15-12(16)10-3-2-4-11(10)13(17)18/h5-7,10-11H,2-4H2,1H3,(H,17,18)(H,14,15,16)/t10-,11+/m1/s1. The molecule has 1 fully saturated rings. The van der Waals surface area contributed by atoms with Crippen LogP contribution in [0, 0.1) is 18.8 Å². The number of carbonyl (C=O) groups is 2. The lowest BCUT2D eigenvalue weighted by molar-refractivity contribution is -0.145. The van der Waals surface area contributed by atoms with E-state index in [1.165, 1.54) is 0 Å². The number of carboxylic acids is 1. The highest BCUT2D eigenvalue weighted by Gasteiger charge is 2.37. The second kappa shape index (κ2) is 5.16. The number of aryl methyl sites for hydroxylation is 1. The lowest BCUT2D eigenvalue weighted by Crippen LogP contribution is -2.30. The molecular weight excluding hydrogens is 232 g/mol. The van der Waals surface area contributed by atoms with Gasteiger partial charge >= 0.3 is 5.97 Å². The molecule has 0 radical (unpaired) electrons. The minimum Gasteiger partial charge on any atom is -0.481 e. The molecule has 1 aliphatic rings. The van der Waals surface area contributed by atoms with Crippen molar-refractivity contribution in [2.24, 2.45) is 11.8 Å². The van der Waals surface area contributed by atoms with Crippen LogP contribution in [0.2, 0.25) is 0 Å². The molecule has 0 aromatic carbocycles. The van der Waals surface area contributed by atoms with Gasteiger partial charge in [0.05, 0.1) is 11.8 Å². The van der Waals surface area contributed by atoms with Crippen molar-refractivity contribution in [1.29, 1.82) is 0 Å². The van der Waals surface area contributed by atoms with E-state index < -0.39 is 17.8 Å². The number of carboxylic acid groups (broad SMARTS) is 1. The molecule has 1 aromatic rings. The van der Waals surface area contributed by atoms with Crippen LogP contribution in [-0.4, -0.2) is 22.0 Å². The van der Waals surface area contributed by atoms with Crippen LogP contribution in [-0.2, 0) is 9.59 Å². The molecule has 2 atom stereocenters. The summed E-state index contributed by atoms with van der Waals surface area (Å²) in [6, 6.07) is 3.47. The van der Waals surface area contributed by atoms with E-state index in [0.29, 0.717) is 18.5 Å². The van der Waals surface area contributed by atoms with Crippen LogP contribution in [0.25, 0.3) is 0 Å². The fourth-order valence-electron chi connectivity index (χ4n) is 2.43. The van der Waals surface area contributed by atoms with E-state index in [0.717, 1.165) is 12.1 Å². The molecule has 1 heterocycles. The third-order valence-corrected chi connectivity index (χ3v) is 3.33. The molecule has 5 heteroatoms. The lowest BCUT2D eigenvalue weighted by atomic mass is 9.95. The third kappa shape index (κ3) is 2.67. The van der Waals surface area contributed by atoms with Gasteiger partial charge in [-0.2, -0.15) is 0 Å². The second-order valence-corrected chi connectivity index (χ2v) is 4.66. The third-order valence-electron chi connectivity index (χ3n) is 3.33. The van der Waals surface area contributed by atoms with Crippen LogP contribution in [0.3, 0.4) is 0 Å². The van der Waals surface area contributed by atoms with E-state index in [1.54, 1.807) is 18.3 Å². The summed E-state index contributed by atoms with van der Waals surface area (Å²) in [5.74, 6) is -2.05. The topological polar surface area (TPSA) is 79.3 Å². The first-order chi connectivity index (χ1) is 8.58.